The number of benzene rings is 1. The van der Waals surface area contributed by atoms with Gasteiger partial charge in [0.1, 0.15) is 0 Å². The Morgan fingerprint density at radius 3 is 2.66 bits per heavy atom. The number of nitrogens with one attached hydrogen (secondary N) is 1. The molecule has 0 radical (unpaired) electrons. The number of hydrogen-bond acceptors (Lipinski definition) is 4. The molecule has 1 aromatic heterocycles. The molecule has 3 amide bonds. The first-order chi connectivity index (χ1) is 14.1. The van der Waals surface area contributed by atoms with Crippen LogP contribution in [0.1, 0.15) is 34.2 Å². The second-order valence-electron chi connectivity index (χ2n) is 7.41. The quantitative estimate of drug-likeness (QED) is 0.860. The molecule has 1 saturated heterocycles. The number of anilines is 1. The molecule has 4 rings (SSSR count). The van der Waals surface area contributed by atoms with Crippen molar-refractivity contribution in [2.24, 2.45) is 7.05 Å². The molecule has 1 N–H and O–H groups in total. The van der Waals surface area contributed by atoms with Crippen LogP contribution in [0.3, 0.4) is 0 Å². The summed E-state index contributed by atoms with van der Waals surface area (Å²) in [5, 5.41) is 7.53. The number of fused-ring (bicyclic) bond motifs is 1. The first-order valence-corrected chi connectivity index (χ1v) is 10.1. The van der Waals surface area contributed by atoms with Crippen LogP contribution < -0.4 is 5.32 Å². The summed E-state index contributed by atoms with van der Waals surface area (Å²) in [5.41, 5.74) is 4.27. The van der Waals surface area contributed by atoms with Gasteiger partial charge in [0.25, 0.3) is 5.91 Å². The van der Waals surface area contributed by atoms with E-state index in [1.807, 2.05) is 31.3 Å². The van der Waals surface area contributed by atoms with Gasteiger partial charge in [0, 0.05) is 50.0 Å². The third kappa shape index (κ3) is 3.85. The van der Waals surface area contributed by atoms with Crippen LogP contribution in [0.4, 0.5) is 10.5 Å². The van der Waals surface area contributed by atoms with Crippen molar-refractivity contribution in [3.63, 3.8) is 0 Å². The number of amides is 3. The molecule has 29 heavy (non-hydrogen) atoms. The van der Waals surface area contributed by atoms with Crippen molar-refractivity contribution in [1.29, 1.82) is 0 Å². The van der Waals surface area contributed by atoms with E-state index in [1.54, 1.807) is 14.5 Å². The van der Waals surface area contributed by atoms with E-state index in [4.69, 9.17) is 4.74 Å². The van der Waals surface area contributed by atoms with Crippen molar-refractivity contribution in [1.82, 2.24) is 19.6 Å². The molecular weight excluding hydrogens is 370 g/mol. The van der Waals surface area contributed by atoms with E-state index >= 15 is 0 Å². The lowest BCUT2D eigenvalue weighted by Crippen LogP contribution is -2.42. The molecule has 8 heteroatoms. The highest BCUT2D eigenvalue weighted by Crippen LogP contribution is 2.25. The van der Waals surface area contributed by atoms with Crippen LogP contribution in [0, 0.1) is 0 Å². The van der Waals surface area contributed by atoms with Crippen molar-refractivity contribution in [2.75, 3.05) is 38.2 Å². The molecule has 2 aliphatic rings. The predicted octanol–water partition coefficient (Wildman–Crippen LogP) is 2.05. The highest BCUT2D eigenvalue weighted by molar-refractivity contribution is 5.95. The number of aromatic nitrogens is 2. The Morgan fingerprint density at radius 1 is 1.14 bits per heavy atom. The molecule has 154 valence electrons. The lowest BCUT2D eigenvalue weighted by molar-refractivity contribution is 0.0297. The van der Waals surface area contributed by atoms with Gasteiger partial charge in [-0.2, -0.15) is 5.10 Å². The Labute approximate surface area is 170 Å². The lowest BCUT2D eigenvalue weighted by atomic mass is 10.0. The van der Waals surface area contributed by atoms with Gasteiger partial charge in [-0.15, -0.1) is 0 Å². The maximum atomic E-state index is 13.0. The van der Waals surface area contributed by atoms with Crippen molar-refractivity contribution in [3.05, 3.63) is 46.8 Å². The molecule has 2 aliphatic heterocycles. The van der Waals surface area contributed by atoms with Gasteiger partial charge in [0.15, 0.2) is 5.69 Å². The molecular formula is C21H27N5O3. The minimum absolute atomic E-state index is 0.0799. The van der Waals surface area contributed by atoms with Gasteiger partial charge in [0.2, 0.25) is 0 Å². The van der Waals surface area contributed by atoms with Crippen LogP contribution in [-0.4, -0.2) is 64.4 Å². The number of rotatable bonds is 3. The number of ether oxygens (including phenoxy) is 1. The predicted molar refractivity (Wildman–Crippen MR) is 109 cm³/mol. The number of carbonyl (C=O) groups excluding carboxylic acids is 2. The maximum absolute atomic E-state index is 13.0. The Morgan fingerprint density at radius 2 is 1.90 bits per heavy atom. The van der Waals surface area contributed by atoms with Gasteiger partial charge in [-0.1, -0.05) is 25.1 Å². The number of aryl methyl sites for hydroxylation is 2. The van der Waals surface area contributed by atoms with E-state index < -0.39 is 0 Å². The fraction of sp³-hybridized carbons (Fsp3) is 0.476. The number of nitrogens with zero attached hydrogens (tertiary/aromatic N) is 4. The van der Waals surface area contributed by atoms with E-state index in [9.17, 15) is 9.59 Å². The summed E-state index contributed by atoms with van der Waals surface area (Å²) in [6, 6.07) is 7.68. The van der Waals surface area contributed by atoms with Gasteiger partial charge in [-0.3, -0.25) is 9.48 Å². The summed E-state index contributed by atoms with van der Waals surface area (Å²) < 4.78 is 7.13. The molecule has 0 saturated carbocycles. The average molecular weight is 397 g/mol. The first-order valence-electron chi connectivity index (χ1n) is 10.1. The molecule has 0 atom stereocenters. The Bertz CT molecular complexity index is 917. The van der Waals surface area contributed by atoms with E-state index in [1.165, 1.54) is 0 Å². The monoisotopic (exact) mass is 397 g/mol. The standard InChI is InChI=1S/C21H27N5O3/c1-3-15-6-4-5-7-17(15)22-21(28)26-9-8-18-16(14-26)19(23-24(18)2)20(27)25-10-12-29-13-11-25/h4-7H,3,8-14H2,1-2H3,(H,22,28). The van der Waals surface area contributed by atoms with Gasteiger partial charge in [0.05, 0.1) is 19.8 Å². The molecule has 8 nitrogen and oxygen atoms in total. The smallest absolute Gasteiger partial charge is 0.322 e. The molecule has 0 aliphatic carbocycles. The molecule has 2 aromatic rings. The summed E-state index contributed by atoms with van der Waals surface area (Å²) >= 11 is 0. The van der Waals surface area contributed by atoms with Crippen LogP contribution in [0.2, 0.25) is 0 Å². The highest BCUT2D eigenvalue weighted by Gasteiger charge is 2.31. The third-order valence-electron chi connectivity index (χ3n) is 5.67. The second-order valence-corrected chi connectivity index (χ2v) is 7.41. The minimum Gasteiger partial charge on any atom is -0.378 e. The molecule has 0 bridgehead atoms. The SMILES string of the molecule is CCc1ccccc1NC(=O)N1CCc2c(c(C(=O)N3CCOCC3)nn2C)C1. The molecule has 0 unspecified atom stereocenters. The second kappa shape index (κ2) is 8.24. The van der Waals surface area contributed by atoms with Crippen LogP contribution in [0.25, 0.3) is 0 Å². The number of morpholine rings is 1. The minimum atomic E-state index is -0.148. The number of para-hydroxylation sites is 1. The summed E-state index contributed by atoms with van der Waals surface area (Å²) in [7, 11) is 1.86. The molecule has 0 spiro atoms. The van der Waals surface area contributed by atoms with Crippen LogP contribution in [0.15, 0.2) is 24.3 Å². The number of carbonyl (C=O) groups is 2. The lowest BCUT2D eigenvalue weighted by Gasteiger charge is -2.29. The topological polar surface area (TPSA) is 79.7 Å². The molecule has 1 fully saturated rings. The summed E-state index contributed by atoms with van der Waals surface area (Å²) in [5.74, 6) is -0.0799. The summed E-state index contributed by atoms with van der Waals surface area (Å²) in [6.45, 7) is 5.28. The normalized spacial score (nSPS) is 16.5. The van der Waals surface area contributed by atoms with Crippen LogP contribution >= 0.6 is 0 Å². The van der Waals surface area contributed by atoms with Gasteiger partial charge in [-0.25, -0.2) is 4.79 Å². The van der Waals surface area contributed by atoms with Crippen molar-refractivity contribution < 1.29 is 14.3 Å². The van der Waals surface area contributed by atoms with Crippen LogP contribution in [0.5, 0.6) is 0 Å². The zero-order valence-corrected chi connectivity index (χ0v) is 17.0. The zero-order chi connectivity index (χ0) is 20.4. The largest absolute Gasteiger partial charge is 0.378 e. The van der Waals surface area contributed by atoms with Crippen molar-refractivity contribution in [3.8, 4) is 0 Å². The first kappa shape index (κ1) is 19.4. The number of hydrogen-bond donors (Lipinski definition) is 1. The fourth-order valence-corrected chi connectivity index (χ4v) is 4.00. The third-order valence-corrected chi connectivity index (χ3v) is 5.67. The van der Waals surface area contributed by atoms with E-state index in [-0.39, 0.29) is 11.9 Å². The Balaban J connectivity index is 1.53. The zero-order valence-electron chi connectivity index (χ0n) is 17.0. The summed E-state index contributed by atoms with van der Waals surface area (Å²) in [6.07, 6.45) is 1.53. The van der Waals surface area contributed by atoms with Crippen molar-refractivity contribution >= 4 is 17.6 Å². The van der Waals surface area contributed by atoms with Gasteiger partial charge >= 0.3 is 6.03 Å². The Hall–Kier alpha value is -2.87. The fourth-order valence-electron chi connectivity index (χ4n) is 4.00. The molecule has 3 heterocycles. The van der Waals surface area contributed by atoms with Gasteiger partial charge < -0.3 is 19.9 Å². The highest BCUT2D eigenvalue weighted by atomic mass is 16.5. The van der Waals surface area contributed by atoms with E-state index in [2.05, 4.69) is 17.3 Å². The van der Waals surface area contributed by atoms with E-state index in [0.29, 0.717) is 51.5 Å². The Kier molecular flexibility index (Phi) is 5.53. The van der Waals surface area contributed by atoms with Crippen LogP contribution in [-0.2, 0) is 31.2 Å². The molecule has 1 aromatic carbocycles. The van der Waals surface area contributed by atoms with E-state index in [0.717, 1.165) is 28.9 Å². The summed E-state index contributed by atoms with van der Waals surface area (Å²) in [4.78, 5) is 29.5. The number of urea groups is 1. The maximum Gasteiger partial charge on any atom is 0.322 e. The van der Waals surface area contributed by atoms with Gasteiger partial charge in [-0.05, 0) is 18.1 Å². The van der Waals surface area contributed by atoms with Crippen molar-refractivity contribution in [2.45, 2.75) is 26.3 Å². The average Bonchev–Trinajstić information content (AvgIpc) is 3.10.